The smallest absolute Gasteiger partial charge is 0.0792 e. The van der Waals surface area contributed by atoms with E-state index in [-0.39, 0.29) is 12.4 Å². The van der Waals surface area contributed by atoms with Crippen LogP contribution in [0.2, 0.25) is 0 Å². The Bertz CT molecular complexity index is 230. The Balaban J connectivity index is 0. The van der Waals surface area contributed by atoms with Gasteiger partial charge in [-0.25, -0.2) is 0 Å². The van der Waals surface area contributed by atoms with Gasteiger partial charge >= 0.3 is 0 Å². The minimum absolute atomic E-state index is 0. The Morgan fingerprint density at radius 1 is 0.520 bits per heavy atom. The molecule has 0 spiro atoms. The van der Waals surface area contributed by atoms with Crippen molar-refractivity contribution in [2.24, 2.45) is 0 Å². The molecule has 0 unspecified atom stereocenters. The van der Waals surface area contributed by atoms with Crippen LogP contribution in [0.4, 0.5) is 0 Å². The van der Waals surface area contributed by atoms with Crippen molar-refractivity contribution in [2.75, 3.05) is 32.0 Å². The average molecular weight is 441 g/mol. The molecule has 0 fully saturated rings. The second-order valence-corrected chi connectivity index (χ2v) is 8.87. The summed E-state index contributed by atoms with van der Waals surface area (Å²) in [5, 5.41) is 1.16. The predicted molar refractivity (Wildman–Crippen MR) is 115 cm³/mol. The van der Waals surface area contributed by atoms with Gasteiger partial charge in [-0.2, -0.15) is 0 Å². The molecule has 0 radical (unpaired) electrons. The molecule has 0 saturated heterocycles. The van der Waals surface area contributed by atoms with Gasteiger partial charge in [-0.15, -0.1) is 0 Å². The molecule has 0 aromatic carbocycles. The summed E-state index contributed by atoms with van der Waals surface area (Å²) in [4.78, 5) is 0. The van der Waals surface area contributed by atoms with Crippen LogP contribution in [-0.2, 0) is 0 Å². The number of alkyl halides is 1. The molecule has 0 amide bonds. The second kappa shape index (κ2) is 21.0. The van der Waals surface area contributed by atoms with Crippen LogP contribution < -0.4 is 12.4 Å². The van der Waals surface area contributed by atoms with Crippen molar-refractivity contribution in [3.63, 3.8) is 0 Å². The zero-order valence-corrected chi connectivity index (χ0v) is 20.0. The minimum Gasteiger partial charge on any atom is -1.00 e. The third-order valence-electron chi connectivity index (χ3n) is 5.43. The minimum atomic E-state index is 0. The first kappa shape index (κ1) is 27.9. The lowest BCUT2D eigenvalue weighted by Crippen LogP contribution is -3.00. The number of halogens is 2. The number of rotatable bonds is 19. The summed E-state index contributed by atoms with van der Waals surface area (Å²) >= 11 is 3.63. The maximum absolute atomic E-state index is 3.63. The molecule has 0 bridgehead atoms. The average Bonchev–Trinajstić information content (AvgIpc) is 2.58. The molecule has 3 heteroatoms. The first-order valence-corrected chi connectivity index (χ1v) is 12.2. The van der Waals surface area contributed by atoms with Gasteiger partial charge in [0.1, 0.15) is 0 Å². The molecule has 0 aliphatic rings. The van der Waals surface area contributed by atoms with Gasteiger partial charge in [0.25, 0.3) is 0 Å². The van der Waals surface area contributed by atoms with E-state index >= 15 is 0 Å². The fraction of sp³-hybridized carbons (Fsp3) is 1.00. The summed E-state index contributed by atoms with van der Waals surface area (Å²) in [5.74, 6) is 0. The lowest BCUT2D eigenvalue weighted by atomic mass is 10.1. The van der Waals surface area contributed by atoms with E-state index in [1.807, 2.05) is 0 Å². The summed E-state index contributed by atoms with van der Waals surface area (Å²) in [6.45, 7) is 8.76. The Labute approximate surface area is 174 Å². The van der Waals surface area contributed by atoms with Crippen LogP contribution in [0.15, 0.2) is 0 Å². The van der Waals surface area contributed by atoms with Crippen molar-refractivity contribution in [3.05, 3.63) is 0 Å². The molecule has 0 N–H and O–H groups in total. The fourth-order valence-electron chi connectivity index (χ4n) is 3.68. The molecule has 25 heavy (non-hydrogen) atoms. The van der Waals surface area contributed by atoms with Gasteiger partial charge < -0.3 is 16.9 Å². The standard InChI is InChI=1S/C22H47BrN.ClH/c1-4-6-8-10-12-14-16-20-24(3,22-18-19-23)21-17-15-13-11-9-7-5-2;/h4-22H2,1-3H3;1H/q+1;/p-1. The highest BCUT2D eigenvalue weighted by molar-refractivity contribution is 9.09. The molecule has 0 atom stereocenters. The van der Waals surface area contributed by atoms with Gasteiger partial charge in [-0.1, -0.05) is 94.0 Å². The van der Waals surface area contributed by atoms with E-state index in [9.17, 15) is 0 Å². The van der Waals surface area contributed by atoms with Crippen LogP contribution in [0.25, 0.3) is 0 Å². The number of unbranched alkanes of at least 4 members (excludes halogenated alkanes) is 12. The van der Waals surface area contributed by atoms with Crippen LogP contribution in [0.5, 0.6) is 0 Å². The highest BCUT2D eigenvalue weighted by atomic mass is 79.9. The third kappa shape index (κ3) is 19.3. The van der Waals surface area contributed by atoms with Crippen molar-refractivity contribution < 1.29 is 16.9 Å². The number of nitrogens with zero attached hydrogens (tertiary/aromatic N) is 1. The van der Waals surface area contributed by atoms with Crippen LogP contribution in [0, 0.1) is 0 Å². The normalized spacial score (nSPS) is 11.5. The highest BCUT2D eigenvalue weighted by Crippen LogP contribution is 2.15. The Morgan fingerprint density at radius 2 is 0.840 bits per heavy atom. The number of quaternary nitrogens is 1. The van der Waals surface area contributed by atoms with Gasteiger partial charge in [0.05, 0.1) is 26.7 Å². The van der Waals surface area contributed by atoms with E-state index < -0.39 is 0 Å². The van der Waals surface area contributed by atoms with E-state index in [0.29, 0.717) is 0 Å². The van der Waals surface area contributed by atoms with Crippen molar-refractivity contribution in [1.82, 2.24) is 0 Å². The van der Waals surface area contributed by atoms with E-state index in [1.54, 1.807) is 0 Å². The maximum atomic E-state index is 3.63. The van der Waals surface area contributed by atoms with Gasteiger partial charge in [0.2, 0.25) is 0 Å². The molecular weight excluding hydrogens is 394 g/mol. The molecule has 0 saturated carbocycles. The first-order valence-electron chi connectivity index (χ1n) is 11.1. The molecule has 0 aromatic rings. The summed E-state index contributed by atoms with van der Waals surface area (Å²) in [7, 11) is 2.51. The fourth-order valence-corrected chi connectivity index (χ4v) is 3.93. The lowest BCUT2D eigenvalue weighted by molar-refractivity contribution is -0.910. The molecule has 0 aliphatic carbocycles. The zero-order chi connectivity index (χ0) is 17.9. The van der Waals surface area contributed by atoms with Crippen molar-refractivity contribution in [2.45, 2.75) is 110 Å². The lowest BCUT2D eigenvalue weighted by Gasteiger charge is -2.35. The maximum Gasteiger partial charge on any atom is 0.0792 e. The second-order valence-electron chi connectivity index (χ2n) is 8.08. The Hall–Kier alpha value is 0.730. The summed E-state index contributed by atoms with van der Waals surface area (Å²) < 4.78 is 1.32. The van der Waals surface area contributed by atoms with Gasteiger partial charge in [0.15, 0.2) is 0 Å². The summed E-state index contributed by atoms with van der Waals surface area (Å²) in [6, 6.07) is 0. The van der Waals surface area contributed by atoms with Crippen molar-refractivity contribution in [3.8, 4) is 0 Å². The summed E-state index contributed by atoms with van der Waals surface area (Å²) in [6.07, 6.45) is 21.4. The van der Waals surface area contributed by atoms with E-state index in [0.717, 1.165) is 5.33 Å². The Kier molecular flexibility index (Phi) is 23.5. The van der Waals surface area contributed by atoms with Crippen LogP contribution in [0.1, 0.15) is 110 Å². The van der Waals surface area contributed by atoms with Crippen molar-refractivity contribution in [1.29, 1.82) is 0 Å². The van der Waals surface area contributed by atoms with E-state index in [4.69, 9.17) is 0 Å². The van der Waals surface area contributed by atoms with E-state index in [1.165, 1.54) is 120 Å². The Morgan fingerprint density at radius 3 is 1.20 bits per heavy atom. The first-order chi connectivity index (χ1) is 11.7. The molecule has 1 nitrogen and oxygen atoms in total. The SMILES string of the molecule is CCCCCCCCC[N+](C)(CCCBr)CCCCCCCCC.[Cl-]. The molecule has 0 aliphatic heterocycles. The molecule has 154 valence electrons. The predicted octanol–water partition coefficient (Wildman–Crippen LogP) is 4.72. The zero-order valence-electron chi connectivity index (χ0n) is 17.6. The topological polar surface area (TPSA) is 0 Å². The molecule has 0 aromatic heterocycles. The third-order valence-corrected chi connectivity index (χ3v) is 6.00. The van der Waals surface area contributed by atoms with Crippen molar-refractivity contribution >= 4 is 15.9 Å². The van der Waals surface area contributed by atoms with Crippen LogP contribution in [0.3, 0.4) is 0 Å². The molecule has 0 heterocycles. The van der Waals surface area contributed by atoms with E-state index in [2.05, 4.69) is 36.8 Å². The van der Waals surface area contributed by atoms with Crippen LogP contribution >= 0.6 is 15.9 Å². The quantitative estimate of drug-likeness (QED) is 0.155. The molecular formula is C22H47BrClN. The largest absolute Gasteiger partial charge is 1.00 e. The van der Waals surface area contributed by atoms with Crippen LogP contribution in [-0.4, -0.2) is 36.5 Å². The summed E-state index contributed by atoms with van der Waals surface area (Å²) in [5.41, 5.74) is 0. The van der Waals surface area contributed by atoms with Gasteiger partial charge in [-0.05, 0) is 25.7 Å². The van der Waals surface area contributed by atoms with Gasteiger partial charge in [-0.3, -0.25) is 0 Å². The van der Waals surface area contributed by atoms with Gasteiger partial charge in [0, 0.05) is 11.8 Å². The number of hydrogen-bond acceptors (Lipinski definition) is 0. The number of hydrogen-bond donors (Lipinski definition) is 0. The monoisotopic (exact) mass is 439 g/mol. The highest BCUT2D eigenvalue weighted by Gasteiger charge is 2.19. The molecule has 0 rings (SSSR count).